The Balaban J connectivity index is 2.11. The third-order valence-corrected chi connectivity index (χ3v) is 3.60. The van der Waals surface area contributed by atoms with Gasteiger partial charge in [-0.25, -0.2) is 0 Å². The van der Waals surface area contributed by atoms with Gasteiger partial charge < -0.3 is 5.32 Å². The summed E-state index contributed by atoms with van der Waals surface area (Å²) in [7, 11) is 0. The molecule has 2 aliphatic rings. The van der Waals surface area contributed by atoms with E-state index < -0.39 is 0 Å². The fourth-order valence-corrected chi connectivity index (χ4v) is 2.94. The minimum Gasteiger partial charge on any atom is -0.307 e. The van der Waals surface area contributed by atoms with Gasteiger partial charge in [0.05, 0.1) is 0 Å². The fourth-order valence-electron chi connectivity index (χ4n) is 2.94. The molecule has 0 saturated carbocycles. The molecule has 1 nitrogen and oxygen atoms in total. The normalized spacial score (nSPS) is 31.1. The number of nitrogens with one attached hydrogen (secondary N) is 1. The highest BCUT2D eigenvalue weighted by atomic mass is 15.0. The molecular weight excluding hydrogens is 158 g/mol. The van der Waals surface area contributed by atoms with E-state index in [9.17, 15) is 0 Å². The fraction of sp³-hybridized carbons (Fsp3) is 0.500. The zero-order chi connectivity index (χ0) is 8.73. The zero-order valence-corrected chi connectivity index (χ0v) is 7.84. The van der Waals surface area contributed by atoms with Gasteiger partial charge in [0.2, 0.25) is 0 Å². The predicted octanol–water partition coefficient (Wildman–Crippen LogP) is 2.21. The molecular formula is C12H15N. The van der Waals surface area contributed by atoms with Gasteiger partial charge >= 0.3 is 0 Å². The highest BCUT2D eigenvalue weighted by Crippen LogP contribution is 2.42. The molecule has 0 radical (unpaired) electrons. The molecule has 1 saturated heterocycles. The molecule has 1 N–H and O–H groups in total. The van der Waals surface area contributed by atoms with Crippen LogP contribution in [0.2, 0.25) is 0 Å². The molecule has 1 fully saturated rings. The number of hydrogen-bond donors (Lipinski definition) is 1. The molecule has 0 bridgehead atoms. The summed E-state index contributed by atoms with van der Waals surface area (Å²) in [6.07, 6.45) is 5.26. The van der Waals surface area contributed by atoms with Crippen molar-refractivity contribution in [3.05, 3.63) is 35.4 Å². The van der Waals surface area contributed by atoms with Crippen molar-refractivity contribution < 1.29 is 0 Å². The van der Waals surface area contributed by atoms with Crippen molar-refractivity contribution in [1.82, 2.24) is 5.32 Å². The highest BCUT2D eigenvalue weighted by Gasteiger charge is 2.40. The molecule has 1 aliphatic heterocycles. The van der Waals surface area contributed by atoms with Crippen LogP contribution in [0.3, 0.4) is 0 Å². The second-order valence-electron chi connectivity index (χ2n) is 4.27. The lowest BCUT2D eigenvalue weighted by atomic mass is 9.90. The van der Waals surface area contributed by atoms with E-state index in [-0.39, 0.29) is 0 Å². The molecule has 1 heteroatoms. The van der Waals surface area contributed by atoms with Gasteiger partial charge in [-0.15, -0.1) is 0 Å². The quantitative estimate of drug-likeness (QED) is 0.634. The molecule has 3 rings (SSSR count). The van der Waals surface area contributed by atoms with Crippen LogP contribution in [0.25, 0.3) is 0 Å². The van der Waals surface area contributed by atoms with Crippen LogP contribution in [-0.4, -0.2) is 6.54 Å². The van der Waals surface area contributed by atoms with Crippen molar-refractivity contribution >= 4 is 0 Å². The third kappa shape index (κ3) is 0.969. The van der Waals surface area contributed by atoms with E-state index in [2.05, 4.69) is 29.6 Å². The number of aryl methyl sites for hydroxylation is 1. The van der Waals surface area contributed by atoms with Gasteiger partial charge in [-0.3, -0.25) is 0 Å². The SMILES string of the molecule is c1ccc2c(c1)CC[C@]21CCCN1. The van der Waals surface area contributed by atoms with E-state index in [1.165, 1.54) is 32.2 Å². The lowest BCUT2D eigenvalue weighted by molar-refractivity contribution is 0.389. The summed E-state index contributed by atoms with van der Waals surface area (Å²) in [4.78, 5) is 0. The number of benzene rings is 1. The van der Waals surface area contributed by atoms with Crippen molar-refractivity contribution in [3.8, 4) is 0 Å². The van der Waals surface area contributed by atoms with Crippen LogP contribution >= 0.6 is 0 Å². The Morgan fingerprint density at radius 2 is 2.08 bits per heavy atom. The molecule has 1 spiro atoms. The Labute approximate surface area is 79.2 Å². The minimum absolute atomic E-state index is 0.372. The maximum atomic E-state index is 3.69. The molecule has 1 aliphatic carbocycles. The van der Waals surface area contributed by atoms with Crippen LogP contribution in [0.1, 0.15) is 30.4 Å². The van der Waals surface area contributed by atoms with Crippen molar-refractivity contribution in [2.45, 2.75) is 31.2 Å². The maximum absolute atomic E-state index is 3.69. The minimum atomic E-state index is 0.372. The van der Waals surface area contributed by atoms with Gasteiger partial charge in [-0.2, -0.15) is 0 Å². The summed E-state index contributed by atoms with van der Waals surface area (Å²) < 4.78 is 0. The Morgan fingerprint density at radius 3 is 2.92 bits per heavy atom. The Hall–Kier alpha value is -0.820. The van der Waals surface area contributed by atoms with Gasteiger partial charge in [-0.1, -0.05) is 24.3 Å². The lowest BCUT2D eigenvalue weighted by Crippen LogP contribution is -2.33. The average molecular weight is 173 g/mol. The summed E-state index contributed by atoms with van der Waals surface area (Å²) in [5, 5.41) is 3.69. The molecule has 0 amide bonds. The first-order chi connectivity index (χ1) is 6.41. The lowest BCUT2D eigenvalue weighted by Gasteiger charge is -2.24. The largest absolute Gasteiger partial charge is 0.307 e. The highest BCUT2D eigenvalue weighted by molar-refractivity contribution is 5.39. The second kappa shape index (κ2) is 2.58. The van der Waals surface area contributed by atoms with E-state index in [0.29, 0.717) is 5.54 Å². The van der Waals surface area contributed by atoms with Crippen LogP contribution in [0, 0.1) is 0 Å². The van der Waals surface area contributed by atoms with Gasteiger partial charge in [0.15, 0.2) is 0 Å². The molecule has 0 unspecified atom stereocenters. The average Bonchev–Trinajstić information content (AvgIpc) is 2.78. The van der Waals surface area contributed by atoms with Gasteiger partial charge in [-0.05, 0) is 43.4 Å². The van der Waals surface area contributed by atoms with Crippen LogP contribution in [0.15, 0.2) is 24.3 Å². The van der Waals surface area contributed by atoms with Gasteiger partial charge in [0, 0.05) is 5.54 Å². The second-order valence-corrected chi connectivity index (χ2v) is 4.27. The molecule has 13 heavy (non-hydrogen) atoms. The first-order valence-electron chi connectivity index (χ1n) is 5.24. The summed E-state index contributed by atoms with van der Waals surface area (Å²) in [5.74, 6) is 0. The van der Waals surface area contributed by atoms with Crippen molar-refractivity contribution in [3.63, 3.8) is 0 Å². The smallest absolute Gasteiger partial charge is 0.0441 e. The van der Waals surface area contributed by atoms with E-state index >= 15 is 0 Å². The van der Waals surface area contributed by atoms with E-state index in [1.807, 2.05) is 0 Å². The Morgan fingerprint density at radius 1 is 1.15 bits per heavy atom. The first-order valence-corrected chi connectivity index (χ1v) is 5.24. The first kappa shape index (κ1) is 7.57. The Bertz CT molecular complexity index is 324. The van der Waals surface area contributed by atoms with Crippen molar-refractivity contribution in [1.29, 1.82) is 0 Å². The van der Waals surface area contributed by atoms with Gasteiger partial charge in [0.1, 0.15) is 0 Å². The van der Waals surface area contributed by atoms with Crippen LogP contribution in [0.5, 0.6) is 0 Å². The summed E-state index contributed by atoms with van der Waals surface area (Å²) >= 11 is 0. The molecule has 68 valence electrons. The number of hydrogen-bond acceptors (Lipinski definition) is 1. The molecule has 1 heterocycles. The number of fused-ring (bicyclic) bond motifs is 2. The van der Waals surface area contributed by atoms with Crippen LogP contribution in [-0.2, 0) is 12.0 Å². The molecule has 1 aromatic rings. The van der Waals surface area contributed by atoms with Gasteiger partial charge in [0.25, 0.3) is 0 Å². The third-order valence-electron chi connectivity index (χ3n) is 3.60. The molecule has 1 atom stereocenters. The summed E-state index contributed by atoms with van der Waals surface area (Å²) in [6.45, 7) is 1.20. The molecule has 1 aromatic carbocycles. The number of rotatable bonds is 0. The zero-order valence-electron chi connectivity index (χ0n) is 7.84. The maximum Gasteiger partial charge on any atom is 0.0441 e. The standard InChI is InChI=1S/C12H15N/c1-2-5-11-10(4-1)6-8-12(11)7-3-9-13-12/h1-2,4-5,13H,3,6-9H2/t12-/m1/s1. The summed E-state index contributed by atoms with van der Waals surface area (Å²) in [6, 6.07) is 8.92. The van der Waals surface area contributed by atoms with Crippen LogP contribution in [0.4, 0.5) is 0 Å². The van der Waals surface area contributed by atoms with Crippen LogP contribution < -0.4 is 5.32 Å². The van der Waals surface area contributed by atoms with E-state index in [1.54, 1.807) is 11.1 Å². The monoisotopic (exact) mass is 173 g/mol. The topological polar surface area (TPSA) is 12.0 Å². The predicted molar refractivity (Wildman–Crippen MR) is 53.7 cm³/mol. The summed E-state index contributed by atoms with van der Waals surface area (Å²) in [5.41, 5.74) is 3.51. The van der Waals surface area contributed by atoms with Crippen molar-refractivity contribution in [2.75, 3.05) is 6.54 Å². The Kier molecular flexibility index (Phi) is 1.50. The molecule has 0 aromatic heterocycles. The van der Waals surface area contributed by atoms with E-state index in [0.717, 1.165) is 0 Å². The van der Waals surface area contributed by atoms with Crippen molar-refractivity contribution in [2.24, 2.45) is 0 Å². The van der Waals surface area contributed by atoms with E-state index in [4.69, 9.17) is 0 Å².